The lowest BCUT2D eigenvalue weighted by Gasteiger charge is -2.13. The van der Waals surface area contributed by atoms with E-state index in [-0.39, 0.29) is 0 Å². The average molecular weight is 216 g/mol. The fourth-order valence-electron chi connectivity index (χ4n) is 1.99. The van der Waals surface area contributed by atoms with E-state index >= 15 is 0 Å². The smallest absolute Gasteiger partial charge is 0.121 e. The summed E-state index contributed by atoms with van der Waals surface area (Å²) in [5, 5.41) is 14.3. The van der Waals surface area contributed by atoms with Gasteiger partial charge in [0.05, 0.1) is 5.69 Å². The minimum atomic E-state index is -0.605. The van der Waals surface area contributed by atoms with Gasteiger partial charge < -0.3 is 5.11 Å². The minimum absolute atomic E-state index is 0.605. The van der Waals surface area contributed by atoms with Crippen LogP contribution in [0.3, 0.4) is 0 Å². The molecule has 2 rings (SSSR count). The van der Waals surface area contributed by atoms with Gasteiger partial charge in [0.2, 0.25) is 0 Å². The summed E-state index contributed by atoms with van der Waals surface area (Å²) in [6.45, 7) is 4.07. The lowest BCUT2D eigenvalue weighted by atomic mass is 10.0. The van der Waals surface area contributed by atoms with Crippen LogP contribution in [0.4, 0.5) is 0 Å². The summed E-state index contributed by atoms with van der Waals surface area (Å²) in [6.07, 6.45) is 1.09. The maximum absolute atomic E-state index is 10.2. The van der Waals surface area contributed by atoms with Gasteiger partial charge in [-0.1, -0.05) is 29.3 Å². The average Bonchev–Trinajstić information content (AvgIpc) is 2.62. The van der Waals surface area contributed by atoms with Gasteiger partial charge in [0, 0.05) is 13.2 Å². The van der Waals surface area contributed by atoms with Gasteiger partial charge in [-0.3, -0.25) is 4.68 Å². The Morgan fingerprint density at radius 2 is 1.81 bits per heavy atom. The number of aliphatic hydroxyl groups is 1. The minimum Gasteiger partial charge on any atom is -0.382 e. The zero-order valence-corrected chi connectivity index (χ0v) is 9.81. The number of hydrogen-bond donors (Lipinski definition) is 1. The molecule has 3 nitrogen and oxygen atoms in total. The highest BCUT2D eigenvalue weighted by atomic mass is 16.3. The normalized spacial score (nSPS) is 12.8. The van der Waals surface area contributed by atoms with E-state index in [0.29, 0.717) is 0 Å². The molecule has 1 heterocycles. The van der Waals surface area contributed by atoms with Crippen LogP contribution in [0, 0.1) is 13.8 Å². The van der Waals surface area contributed by atoms with Crippen LogP contribution in [0.15, 0.2) is 30.5 Å². The first-order chi connectivity index (χ1) is 7.58. The van der Waals surface area contributed by atoms with Gasteiger partial charge in [-0.15, -0.1) is 0 Å². The van der Waals surface area contributed by atoms with Crippen LogP contribution in [-0.4, -0.2) is 14.9 Å². The van der Waals surface area contributed by atoms with Crippen molar-refractivity contribution in [3.63, 3.8) is 0 Å². The van der Waals surface area contributed by atoms with Crippen LogP contribution in [0.2, 0.25) is 0 Å². The van der Waals surface area contributed by atoms with E-state index < -0.39 is 6.10 Å². The van der Waals surface area contributed by atoms with Crippen molar-refractivity contribution in [2.24, 2.45) is 7.05 Å². The van der Waals surface area contributed by atoms with Crippen molar-refractivity contribution in [3.05, 3.63) is 52.8 Å². The Balaban J connectivity index is 2.41. The van der Waals surface area contributed by atoms with E-state index in [2.05, 4.69) is 11.2 Å². The van der Waals surface area contributed by atoms with Crippen LogP contribution in [0.1, 0.15) is 28.5 Å². The summed E-state index contributed by atoms with van der Waals surface area (Å²) in [6, 6.07) is 7.94. The molecule has 1 atom stereocenters. The van der Waals surface area contributed by atoms with Gasteiger partial charge in [-0.2, -0.15) is 5.10 Å². The molecular formula is C13H16N2O. The fraction of sp³-hybridized carbons (Fsp3) is 0.308. The Hall–Kier alpha value is -1.61. The molecule has 0 aliphatic heterocycles. The quantitative estimate of drug-likeness (QED) is 0.835. The molecule has 1 N–H and O–H groups in total. The Morgan fingerprint density at radius 1 is 1.19 bits per heavy atom. The molecule has 0 saturated carbocycles. The fourth-order valence-corrected chi connectivity index (χ4v) is 1.99. The zero-order valence-electron chi connectivity index (χ0n) is 9.81. The third-order valence-corrected chi connectivity index (χ3v) is 2.70. The molecule has 0 saturated heterocycles. The van der Waals surface area contributed by atoms with Gasteiger partial charge in [-0.05, 0) is 25.5 Å². The van der Waals surface area contributed by atoms with E-state index in [4.69, 9.17) is 0 Å². The van der Waals surface area contributed by atoms with Crippen LogP contribution >= 0.6 is 0 Å². The molecular weight excluding hydrogens is 200 g/mol. The Bertz CT molecular complexity index is 482. The summed E-state index contributed by atoms with van der Waals surface area (Å²) in [5.41, 5.74) is 4.05. The maximum Gasteiger partial charge on any atom is 0.121 e. The van der Waals surface area contributed by atoms with Crippen molar-refractivity contribution in [1.29, 1.82) is 0 Å². The van der Waals surface area contributed by atoms with E-state index in [1.165, 1.54) is 0 Å². The van der Waals surface area contributed by atoms with Gasteiger partial charge in [0.15, 0.2) is 0 Å². The first kappa shape index (κ1) is 10.9. The Morgan fingerprint density at radius 3 is 2.31 bits per heavy atom. The second-order valence-electron chi connectivity index (χ2n) is 4.20. The van der Waals surface area contributed by atoms with E-state index in [1.54, 1.807) is 10.9 Å². The van der Waals surface area contributed by atoms with E-state index in [9.17, 15) is 5.11 Å². The van der Waals surface area contributed by atoms with Gasteiger partial charge in [0.25, 0.3) is 0 Å². The summed E-state index contributed by atoms with van der Waals surface area (Å²) < 4.78 is 1.70. The van der Waals surface area contributed by atoms with Crippen molar-refractivity contribution >= 4 is 0 Å². The molecule has 0 aliphatic rings. The van der Waals surface area contributed by atoms with Crippen LogP contribution in [0.5, 0.6) is 0 Å². The number of aliphatic hydroxyl groups excluding tert-OH is 1. The van der Waals surface area contributed by atoms with Crippen molar-refractivity contribution in [2.75, 3.05) is 0 Å². The highest BCUT2D eigenvalue weighted by molar-refractivity contribution is 5.33. The topological polar surface area (TPSA) is 38.1 Å². The van der Waals surface area contributed by atoms with Crippen molar-refractivity contribution < 1.29 is 5.11 Å². The summed E-state index contributed by atoms with van der Waals surface area (Å²) in [5.74, 6) is 0. The number of aromatic nitrogens is 2. The molecule has 1 unspecified atom stereocenters. The number of benzene rings is 1. The molecule has 16 heavy (non-hydrogen) atoms. The Kier molecular flexibility index (Phi) is 2.79. The zero-order chi connectivity index (χ0) is 11.7. The van der Waals surface area contributed by atoms with Crippen LogP contribution in [-0.2, 0) is 7.05 Å². The molecule has 0 fully saturated rings. The predicted molar refractivity (Wildman–Crippen MR) is 63.2 cm³/mol. The molecule has 1 aromatic heterocycles. The molecule has 84 valence electrons. The number of rotatable bonds is 2. The monoisotopic (exact) mass is 216 g/mol. The van der Waals surface area contributed by atoms with Crippen molar-refractivity contribution in [2.45, 2.75) is 20.0 Å². The second kappa shape index (κ2) is 4.10. The largest absolute Gasteiger partial charge is 0.382 e. The van der Waals surface area contributed by atoms with Crippen molar-refractivity contribution in [1.82, 2.24) is 9.78 Å². The molecule has 1 aromatic carbocycles. The number of aryl methyl sites for hydroxylation is 3. The van der Waals surface area contributed by atoms with Gasteiger partial charge in [0.1, 0.15) is 6.10 Å². The number of hydrogen-bond acceptors (Lipinski definition) is 2. The molecule has 0 aliphatic carbocycles. The third-order valence-electron chi connectivity index (χ3n) is 2.70. The summed E-state index contributed by atoms with van der Waals surface area (Å²) in [4.78, 5) is 0. The van der Waals surface area contributed by atoms with Gasteiger partial charge >= 0.3 is 0 Å². The SMILES string of the molecule is Cc1cc(C)cc(C(O)c2ccnn2C)c1. The number of nitrogens with zero attached hydrogens (tertiary/aromatic N) is 2. The Labute approximate surface area is 95.3 Å². The summed E-state index contributed by atoms with van der Waals surface area (Å²) in [7, 11) is 1.83. The van der Waals surface area contributed by atoms with Crippen molar-refractivity contribution in [3.8, 4) is 0 Å². The predicted octanol–water partition coefficient (Wildman–Crippen LogP) is 2.12. The molecule has 0 bridgehead atoms. The van der Waals surface area contributed by atoms with Crippen LogP contribution in [0.25, 0.3) is 0 Å². The van der Waals surface area contributed by atoms with E-state index in [0.717, 1.165) is 22.4 Å². The maximum atomic E-state index is 10.2. The lowest BCUT2D eigenvalue weighted by molar-refractivity contribution is 0.209. The molecule has 0 spiro atoms. The van der Waals surface area contributed by atoms with E-state index in [1.807, 2.05) is 39.1 Å². The molecule has 2 aromatic rings. The molecule has 0 radical (unpaired) electrons. The third kappa shape index (κ3) is 1.99. The summed E-state index contributed by atoms with van der Waals surface area (Å²) >= 11 is 0. The first-order valence-corrected chi connectivity index (χ1v) is 5.32. The highest BCUT2D eigenvalue weighted by Gasteiger charge is 2.14. The molecule has 0 amide bonds. The highest BCUT2D eigenvalue weighted by Crippen LogP contribution is 2.23. The van der Waals surface area contributed by atoms with Crippen LogP contribution < -0.4 is 0 Å². The van der Waals surface area contributed by atoms with Gasteiger partial charge in [-0.25, -0.2) is 0 Å². The second-order valence-corrected chi connectivity index (χ2v) is 4.20. The standard InChI is InChI=1S/C13H16N2O/c1-9-6-10(2)8-11(7-9)13(16)12-4-5-14-15(12)3/h4-8,13,16H,1-3H3. The lowest BCUT2D eigenvalue weighted by Crippen LogP contribution is -2.07. The molecule has 3 heteroatoms. The first-order valence-electron chi connectivity index (χ1n) is 5.32.